The standard InChI is InChI=1S/C9H13N3O/c13-8-3-1-7(2-4-8)12-9-10-5-6-11-9/h5-7H,1-4H2,(H2,10,11,12). The molecule has 4 heteroatoms. The van der Waals surface area contributed by atoms with Gasteiger partial charge in [-0.05, 0) is 12.8 Å². The third-order valence-corrected chi connectivity index (χ3v) is 2.38. The van der Waals surface area contributed by atoms with Gasteiger partial charge in [0.25, 0.3) is 0 Å². The van der Waals surface area contributed by atoms with Crippen LogP contribution in [0.2, 0.25) is 0 Å². The number of ketones is 1. The van der Waals surface area contributed by atoms with Crippen molar-refractivity contribution in [2.24, 2.45) is 0 Å². The highest BCUT2D eigenvalue weighted by atomic mass is 16.1. The molecule has 1 aromatic rings. The zero-order valence-corrected chi connectivity index (χ0v) is 7.42. The van der Waals surface area contributed by atoms with Gasteiger partial charge in [0.05, 0.1) is 0 Å². The number of rotatable bonds is 2. The molecule has 4 nitrogen and oxygen atoms in total. The Hall–Kier alpha value is -1.32. The van der Waals surface area contributed by atoms with Crippen molar-refractivity contribution in [1.29, 1.82) is 0 Å². The van der Waals surface area contributed by atoms with Gasteiger partial charge in [-0.25, -0.2) is 4.98 Å². The minimum absolute atomic E-state index is 0.387. The number of imidazole rings is 1. The van der Waals surface area contributed by atoms with Crippen LogP contribution >= 0.6 is 0 Å². The fourth-order valence-corrected chi connectivity index (χ4v) is 1.62. The molecule has 1 aliphatic rings. The molecular formula is C9H13N3O. The molecule has 0 aromatic carbocycles. The number of H-pyrrole nitrogens is 1. The minimum Gasteiger partial charge on any atom is -0.353 e. The van der Waals surface area contributed by atoms with Gasteiger partial charge in [-0.1, -0.05) is 0 Å². The summed E-state index contributed by atoms with van der Waals surface area (Å²) >= 11 is 0. The molecule has 0 bridgehead atoms. The van der Waals surface area contributed by atoms with Gasteiger partial charge in [-0.15, -0.1) is 0 Å². The maximum Gasteiger partial charge on any atom is 0.200 e. The number of hydrogen-bond donors (Lipinski definition) is 2. The summed E-state index contributed by atoms with van der Waals surface area (Å²) in [6.45, 7) is 0. The van der Waals surface area contributed by atoms with Crippen molar-refractivity contribution in [2.45, 2.75) is 31.7 Å². The molecule has 1 fully saturated rings. The number of nitrogens with one attached hydrogen (secondary N) is 2. The van der Waals surface area contributed by atoms with Crippen molar-refractivity contribution in [3.05, 3.63) is 12.4 Å². The highest BCUT2D eigenvalue weighted by molar-refractivity contribution is 5.79. The van der Waals surface area contributed by atoms with Crippen molar-refractivity contribution in [1.82, 2.24) is 9.97 Å². The van der Waals surface area contributed by atoms with E-state index in [1.807, 2.05) is 0 Å². The van der Waals surface area contributed by atoms with Gasteiger partial charge in [0, 0.05) is 31.3 Å². The first kappa shape index (κ1) is 8.29. The summed E-state index contributed by atoms with van der Waals surface area (Å²) in [7, 11) is 0. The number of anilines is 1. The monoisotopic (exact) mass is 179 g/mol. The Kier molecular flexibility index (Phi) is 2.29. The average Bonchev–Trinajstić information content (AvgIpc) is 2.62. The quantitative estimate of drug-likeness (QED) is 0.720. The van der Waals surface area contributed by atoms with Gasteiger partial charge < -0.3 is 10.3 Å². The molecule has 0 radical (unpaired) electrons. The van der Waals surface area contributed by atoms with E-state index >= 15 is 0 Å². The molecule has 0 saturated heterocycles. The topological polar surface area (TPSA) is 57.8 Å². The minimum atomic E-state index is 0.387. The Bertz CT molecular complexity index is 271. The van der Waals surface area contributed by atoms with Crippen LogP contribution in [0.25, 0.3) is 0 Å². The van der Waals surface area contributed by atoms with Gasteiger partial charge in [0.1, 0.15) is 5.78 Å². The number of carbonyl (C=O) groups is 1. The Labute approximate surface area is 76.8 Å². The lowest BCUT2D eigenvalue weighted by Gasteiger charge is -2.21. The molecular weight excluding hydrogens is 166 g/mol. The molecule has 0 atom stereocenters. The first-order chi connectivity index (χ1) is 6.34. The fourth-order valence-electron chi connectivity index (χ4n) is 1.62. The SMILES string of the molecule is O=C1CCC(Nc2ncc[nH]2)CC1. The van der Waals surface area contributed by atoms with E-state index in [4.69, 9.17) is 0 Å². The van der Waals surface area contributed by atoms with Crippen LogP contribution in [0.3, 0.4) is 0 Å². The van der Waals surface area contributed by atoms with E-state index in [0.29, 0.717) is 24.7 Å². The van der Waals surface area contributed by atoms with Crippen LogP contribution in [-0.4, -0.2) is 21.8 Å². The number of aromatic amines is 1. The van der Waals surface area contributed by atoms with Crippen LogP contribution in [0.4, 0.5) is 5.95 Å². The van der Waals surface area contributed by atoms with E-state index in [1.165, 1.54) is 0 Å². The number of Topliss-reactive ketones (excluding diaryl/α,β-unsaturated/α-hetero) is 1. The van der Waals surface area contributed by atoms with Crippen molar-refractivity contribution < 1.29 is 4.79 Å². The lowest BCUT2D eigenvalue weighted by atomic mass is 9.94. The number of hydrogen-bond acceptors (Lipinski definition) is 3. The molecule has 0 amide bonds. The van der Waals surface area contributed by atoms with Gasteiger partial charge in [0.15, 0.2) is 5.95 Å². The zero-order chi connectivity index (χ0) is 9.10. The van der Waals surface area contributed by atoms with Crippen LogP contribution in [0.5, 0.6) is 0 Å². The van der Waals surface area contributed by atoms with E-state index in [9.17, 15) is 4.79 Å². The first-order valence-corrected chi connectivity index (χ1v) is 4.62. The Morgan fingerprint density at radius 3 is 2.85 bits per heavy atom. The van der Waals surface area contributed by atoms with Crippen LogP contribution < -0.4 is 5.32 Å². The van der Waals surface area contributed by atoms with Crippen molar-refractivity contribution in [3.63, 3.8) is 0 Å². The zero-order valence-electron chi connectivity index (χ0n) is 7.42. The molecule has 0 aliphatic heterocycles. The van der Waals surface area contributed by atoms with Gasteiger partial charge in [-0.3, -0.25) is 4.79 Å². The van der Waals surface area contributed by atoms with Crippen molar-refractivity contribution in [3.8, 4) is 0 Å². The van der Waals surface area contributed by atoms with Crippen molar-refractivity contribution >= 4 is 11.7 Å². The maximum atomic E-state index is 11.0. The van der Waals surface area contributed by atoms with Gasteiger partial charge in [-0.2, -0.15) is 0 Å². The van der Waals surface area contributed by atoms with E-state index in [2.05, 4.69) is 15.3 Å². The second-order valence-corrected chi connectivity index (χ2v) is 3.40. The van der Waals surface area contributed by atoms with E-state index in [0.717, 1.165) is 18.8 Å². The van der Waals surface area contributed by atoms with E-state index < -0.39 is 0 Å². The summed E-state index contributed by atoms with van der Waals surface area (Å²) in [4.78, 5) is 18.0. The summed E-state index contributed by atoms with van der Waals surface area (Å²) < 4.78 is 0. The van der Waals surface area contributed by atoms with Crippen LogP contribution in [0.15, 0.2) is 12.4 Å². The van der Waals surface area contributed by atoms with Gasteiger partial charge >= 0.3 is 0 Å². The third kappa shape index (κ3) is 2.08. The first-order valence-electron chi connectivity index (χ1n) is 4.62. The molecule has 1 aliphatic carbocycles. The average molecular weight is 179 g/mol. The predicted molar refractivity (Wildman–Crippen MR) is 49.5 cm³/mol. The summed E-state index contributed by atoms with van der Waals surface area (Å²) in [5, 5.41) is 3.26. The van der Waals surface area contributed by atoms with Crippen LogP contribution in [-0.2, 0) is 4.79 Å². The smallest absolute Gasteiger partial charge is 0.200 e. The number of aromatic nitrogens is 2. The van der Waals surface area contributed by atoms with E-state index in [-0.39, 0.29) is 0 Å². The molecule has 1 saturated carbocycles. The highest BCUT2D eigenvalue weighted by Crippen LogP contribution is 2.17. The molecule has 70 valence electrons. The number of carbonyl (C=O) groups excluding carboxylic acids is 1. The van der Waals surface area contributed by atoms with Crippen LogP contribution in [0.1, 0.15) is 25.7 Å². The predicted octanol–water partition coefficient (Wildman–Crippen LogP) is 1.33. The molecule has 13 heavy (non-hydrogen) atoms. The Morgan fingerprint density at radius 1 is 1.46 bits per heavy atom. The second-order valence-electron chi connectivity index (χ2n) is 3.40. The van der Waals surface area contributed by atoms with Crippen LogP contribution in [0, 0.1) is 0 Å². The van der Waals surface area contributed by atoms with Crippen molar-refractivity contribution in [2.75, 3.05) is 5.32 Å². The maximum absolute atomic E-state index is 11.0. The molecule has 2 N–H and O–H groups in total. The fraction of sp³-hybridized carbons (Fsp3) is 0.556. The highest BCUT2D eigenvalue weighted by Gasteiger charge is 2.18. The lowest BCUT2D eigenvalue weighted by molar-refractivity contribution is -0.120. The number of nitrogens with zero attached hydrogens (tertiary/aromatic N) is 1. The molecule has 0 unspecified atom stereocenters. The molecule has 1 heterocycles. The normalized spacial score (nSPS) is 18.9. The molecule has 0 spiro atoms. The van der Waals surface area contributed by atoms with Gasteiger partial charge in [0.2, 0.25) is 0 Å². The third-order valence-electron chi connectivity index (χ3n) is 2.38. The second kappa shape index (κ2) is 3.60. The lowest BCUT2D eigenvalue weighted by Crippen LogP contribution is -2.26. The Balaban J connectivity index is 1.86. The summed E-state index contributed by atoms with van der Waals surface area (Å²) in [6.07, 6.45) is 6.78. The summed E-state index contributed by atoms with van der Waals surface area (Å²) in [5.74, 6) is 1.19. The largest absolute Gasteiger partial charge is 0.353 e. The van der Waals surface area contributed by atoms with E-state index in [1.54, 1.807) is 12.4 Å². The Morgan fingerprint density at radius 2 is 2.23 bits per heavy atom. The molecule has 1 aromatic heterocycles. The summed E-state index contributed by atoms with van der Waals surface area (Å²) in [5.41, 5.74) is 0. The summed E-state index contributed by atoms with van der Waals surface area (Å²) in [6, 6.07) is 0.406. The molecule has 2 rings (SSSR count).